The summed E-state index contributed by atoms with van der Waals surface area (Å²) in [5.41, 5.74) is 0.984. The highest BCUT2D eigenvalue weighted by atomic mass is 16.3. The van der Waals surface area contributed by atoms with Gasteiger partial charge in [0.15, 0.2) is 0 Å². The number of anilines is 1. The highest BCUT2D eigenvalue weighted by molar-refractivity contribution is 5.90. The molecule has 0 radical (unpaired) electrons. The lowest BCUT2D eigenvalue weighted by molar-refractivity contribution is -0.174. The van der Waals surface area contributed by atoms with Crippen LogP contribution in [0.25, 0.3) is 0 Å². The van der Waals surface area contributed by atoms with Gasteiger partial charge in [0.1, 0.15) is 0 Å². The molecular weight excluding hydrogens is 424 g/mol. The molecule has 5 rings (SSSR count). The molecule has 1 amide bonds. The maximum atomic E-state index is 12.5. The number of carbonyl (C=O) groups excluding carboxylic acids is 1. The van der Waals surface area contributed by atoms with Gasteiger partial charge in [0.05, 0.1) is 24.1 Å². The molecule has 4 aliphatic carbocycles. The molecule has 5 nitrogen and oxygen atoms in total. The van der Waals surface area contributed by atoms with Crippen LogP contribution in [-0.4, -0.2) is 33.3 Å². The van der Waals surface area contributed by atoms with Gasteiger partial charge in [-0.1, -0.05) is 20.8 Å². The van der Waals surface area contributed by atoms with Crippen LogP contribution in [0.15, 0.2) is 24.5 Å². The lowest BCUT2D eigenvalue weighted by atomic mass is 9.43. The van der Waals surface area contributed by atoms with Crippen molar-refractivity contribution in [2.75, 3.05) is 5.32 Å². The zero-order valence-electron chi connectivity index (χ0n) is 21.2. The summed E-state index contributed by atoms with van der Waals surface area (Å²) >= 11 is 0. The molecule has 1 heterocycles. The average Bonchev–Trinajstić information content (AvgIpc) is 3.18. The summed E-state index contributed by atoms with van der Waals surface area (Å²) in [7, 11) is 0. The SMILES string of the molecule is CC(CCC(=O)Nc1cccnc1)C1CCC2C3CCC4CC(O)CCC4(C)C3CC(O)C12C. The average molecular weight is 469 g/mol. The van der Waals surface area contributed by atoms with Gasteiger partial charge >= 0.3 is 0 Å². The van der Waals surface area contributed by atoms with Crippen molar-refractivity contribution in [3.05, 3.63) is 24.5 Å². The molecule has 188 valence electrons. The van der Waals surface area contributed by atoms with Crippen molar-refractivity contribution >= 4 is 11.6 Å². The number of aromatic nitrogens is 1. The molecule has 0 aliphatic heterocycles. The van der Waals surface area contributed by atoms with Gasteiger partial charge in [-0.3, -0.25) is 9.78 Å². The topological polar surface area (TPSA) is 82.5 Å². The zero-order chi connectivity index (χ0) is 24.1. The highest BCUT2D eigenvalue weighted by Gasteiger charge is 2.63. The standard InChI is InChI=1S/C29H44N2O3/c1-18(6-11-27(34)31-20-5-4-14-30-17-20)23-9-10-24-22-8-7-19-15-21(32)12-13-28(19,2)25(22)16-26(33)29(23,24)3/h4-5,14,17-19,21-26,32-33H,6-13,15-16H2,1-3H3,(H,31,34). The second-order valence-electron chi connectivity index (χ2n) is 12.7. The maximum Gasteiger partial charge on any atom is 0.224 e. The molecule has 0 saturated heterocycles. The Hall–Kier alpha value is -1.46. The van der Waals surface area contributed by atoms with Crippen LogP contribution in [0.1, 0.15) is 85.0 Å². The third-order valence-corrected chi connectivity index (χ3v) is 11.3. The summed E-state index contributed by atoms with van der Waals surface area (Å²) in [5.74, 6) is 3.43. The molecular formula is C29H44N2O3. The number of rotatable bonds is 5. The van der Waals surface area contributed by atoms with Gasteiger partial charge in [0.25, 0.3) is 0 Å². The van der Waals surface area contributed by atoms with Gasteiger partial charge in [-0.2, -0.15) is 0 Å². The number of hydrogen-bond acceptors (Lipinski definition) is 4. The Morgan fingerprint density at radius 2 is 1.97 bits per heavy atom. The first kappa shape index (κ1) is 24.2. The fourth-order valence-electron chi connectivity index (χ4n) is 9.38. The Labute approximate surface area is 205 Å². The van der Waals surface area contributed by atoms with Gasteiger partial charge in [0.2, 0.25) is 5.91 Å². The molecule has 10 atom stereocenters. The molecule has 4 aliphatic rings. The second kappa shape index (κ2) is 9.20. The minimum atomic E-state index is -0.264. The van der Waals surface area contributed by atoms with E-state index in [1.807, 2.05) is 12.1 Å². The molecule has 0 bridgehead atoms. The van der Waals surface area contributed by atoms with Crippen molar-refractivity contribution in [2.24, 2.45) is 46.3 Å². The second-order valence-corrected chi connectivity index (χ2v) is 12.7. The Bertz CT molecular complexity index is 877. The number of aliphatic hydroxyl groups is 2. The van der Waals surface area contributed by atoms with Crippen molar-refractivity contribution in [2.45, 2.75) is 97.2 Å². The molecule has 3 N–H and O–H groups in total. The van der Waals surface area contributed by atoms with Gasteiger partial charge in [-0.25, -0.2) is 0 Å². The summed E-state index contributed by atoms with van der Waals surface area (Å²) in [6, 6.07) is 3.70. The number of hydrogen-bond donors (Lipinski definition) is 3. The van der Waals surface area contributed by atoms with Gasteiger partial charge < -0.3 is 15.5 Å². The van der Waals surface area contributed by atoms with Crippen LogP contribution in [0.3, 0.4) is 0 Å². The van der Waals surface area contributed by atoms with E-state index in [2.05, 4.69) is 31.1 Å². The Kier molecular flexibility index (Phi) is 6.56. The third-order valence-electron chi connectivity index (χ3n) is 11.3. The third kappa shape index (κ3) is 4.01. The summed E-state index contributed by atoms with van der Waals surface area (Å²) in [5, 5.41) is 24.9. The predicted octanol–water partition coefficient (Wildman–Crippen LogP) is 5.43. The van der Waals surface area contributed by atoms with Crippen molar-refractivity contribution < 1.29 is 15.0 Å². The van der Waals surface area contributed by atoms with Crippen molar-refractivity contribution in [3.63, 3.8) is 0 Å². The van der Waals surface area contributed by atoms with Gasteiger partial charge in [-0.05, 0) is 116 Å². The molecule has 10 unspecified atom stereocenters. The summed E-state index contributed by atoms with van der Waals surface area (Å²) in [6.45, 7) is 7.16. The first-order chi connectivity index (χ1) is 16.2. The van der Waals surface area contributed by atoms with E-state index in [0.717, 1.165) is 37.8 Å². The van der Waals surface area contributed by atoms with Crippen LogP contribution < -0.4 is 5.32 Å². The van der Waals surface area contributed by atoms with E-state index >= 15 is 0 Å². The summed E-state index contributed by atoms with van der Waals surface area (Å²) < 4.78 is 0. The first-order valence-corrected chi connectivity index (χ1v) is 13.8. The normalized spacial score (nSPS) is 44.4. The number of nitrogens with zero attached hydrogens (tertiary/aromatic N) is 1. The lowest BCUT2D eigenvalue weighted by Gasteiger charge is -2.62. The monoisotopic (exact) mass is 468 g/mol. The van der Waals surface area contributed by atoms with E-state index in [-0.39, 0.29) is 28.9 Å². The summed E-state index contributed by atoms with van der Waals surface area (Å²) in [4.78, 5) is 16.6. The van der Waals surface area contributed by atoms with E-state index < -0.39 is 0 Å². The number of carbonyl (C=O) groups is 1. The number of amides is 1. The highest BCUT2D eigenvalue weighted by Crippen LogP contribution is 2.68. The molecule has 1 aromatic heterocycles. The molecule has 5 heteroatoms. The molecule has 0 spiro atoms. The van der Waals surface area contributed by atoms with E-state index in [1.165, 1.54) is 25.7 Å². The maximum absolute atomic E-state index is 12.5. The Morgan fingerprint density at radius 3 is 2.74 bits per heavy atom. The fourth-order valence-corrected chi connectivity index (χ4v) is 9.38. The van der Waals surface area contributed by atoms with Crippen LogP contribution in [-0.2, 0) is 4.79 Å². The number of pyridine rings is 1. The van der Waals surface area contributed by atoms with Gasteiger partial charge in [-0.15, -0.1) is 0 Å². The van der Waals surface area contributed by atoms with E-state index in [9.17, 15) is 15.0 Å². The minimum Gasteiger partial charge on any atom is -0.393 e. The van der Waals surface area contributed by atoms with E-state index in [4.69, 9.17) is 0 Å². The predicted molar refractivity (Wildman–Crippen MR) is 134 cm³/mol. The quantitative estimate of drug-likeness (QED) is 0.538. The Balaban J connectivity index is 1.26. The molecule has 4 saturated carbocycles. The van der Waals surface area contributed by atoms with Crippen LogP contribution in [0.2, 0.25) is 0 Å². The number of fused-ring (bicyclic) bond motifs is 5. The van der Waals surface area contributed by atoms with Crippen LogP contribution >= 0.6 is 0 Å². The lowest BCUT2D eigenvalue weighted by Crippen LogP contribution is -2.58. The molecule has 4 fully saturated rings. The molecule has 0 aromatic carbocycles. The zero-order valence-corrected chi connectivity index (χ0v) is 21.2. The fraction of sp³-hybridized carbons (Fsp3) is 0.793. The van der Waals surface area contributed by atoms with E-state index in [0.29, 0.717) is 41.9 Å². The van der Waals surface area contributed by atoms with Crippen molar-refractivity contribution in [1.29, 1.82) is 0 Å². The van der Waals surface area contributed by atoms with Crippen LogP contribution in [0, 0.1) is 46.3 Å². The largest absolute Gasteiger partial charge is 0.393 e. The summed E-state index contributed by atoms with van der Waals surface area (Å²) in [6.07, 6.45) is 13.2. The minimum absolute atomic E-state index is 0.0439. The van der Waals surface area contributed by atoms with Crippen LogP contribution in [0.5, 0.6) is 0 Å². The van der Waals surface area contributed by atoms with Crippen molar-refractivity contribution in [1.82, 2.24) is 4.98 Å². The van der Waals surface area contributed by atoms with Crippen molar-refractivity contribution in [3.8, 4) is 0 Å². The van der Waals surface area contributed by atoms with Gasteiger partial charge in [0, 0.05) is 12.6 Å². The van der Waals surface area contributed by atoms with Crippen LogP contribution in [0.4, 0.5) is 5.69 Å². The number of nitrogens with one attached hydrogen (secondary N) is 1. The first-order valence-electron chi connectivity index (χ1n) is 13.8. The van der Waals surface area contributed by atoms with E-state index in [1.54, 1.807) is 12.4 Å². The number of aliphatic hydroxyl groups excluding tert-OH is 2. The smallest absolute Gasteiger partial charge is 0.224 e. The molecule has 34 heavy (non-hydrogen) atoms. The Morgan fingerprint density at radius 1 is 1.15 bits per heavy atom. The molecule has 1 aromatic rings.